The predicted octanol–water partition coefficient (Wildman–Crippen LogP) is 1.61. The van der Waals surface area contributed by atoms with Gasteiger partial charge in [-0.15, -0.1) is 6.58 Å². The molecule has 0 saturated heterocycles. The standard InChI is InChI=1S/C14H17N3/c1-2-9-17-12-6-4-3-5-11(12)10-13(17)14-15-7-8-16-14/h2-6,13H,1,7-10H2,(H,15,16)/t13-/m0/s1. The normalized spacial score (nSPS) is 22.0. The summed E-state index contributed by atoms with van der Waals surface area (Å²) in [5.41, 5.74) is 2.74. The number of nitrogens with one attached hydrogen (secondary N) is 1. The fourth-order valence-corrected chi connectivity index (χ4v) is 2.70. The third-order valence-corrected chi connectivity index (χ3v) is 3.43. The molecule has 0 radical (unpaired) electrons. The zero-order valence-electron chi connectivity index (χ0n) is 9.89. The van der Waals surface area contributed by atoms with E-state index in [-0.39, 0.29) is 0 Å². The molecule has 0 spiro atoms. The van der Waals surface area contributed by atoms with Crippen molar-refractivity contribution < 1.29 is 0 Å². The maximum atomic E-state index is 4.56. The second-order valence-corrected chi connectivity index (χ2v) is 4.48. The van der Waals surface area contributed by atoms with E-state index < -0.39 is 0 Å². The average Bonchev–Trinajstić information content (AvgIpc) is 2.97. The van der Waals surface area contributed by atoms with Crippen molar-refractivity contribution in [2.24, 2.45) is 4.99 Å². The van der Waals surface area contributed by atoms with E-state index in [1.54, 1.807) is 0 Å². The Labute approximate surface area is 102 Å². The van der Waals surface area contributed by atoms with E-state index in [2.05, 4.69) is 46.1 Å². The highest BCUT2D eigenvalue weighted by Gasteiger charge is 2.32. The molecular formula is C14H17N3. The van der Waals surface area contributed by atoms with Crippen molar-refractivity contribution >= 4 is 11.5 Å². The van der Waals surface area contributed by atoms with Gasteiger partial charge in [0, 0.05) is 25.2 Å². The number of hydrogen-bond acceptors (Lipinski definition) is 3. The van der Waals surface area contributed by atoms with Crippen LogP contribution in [0.5, 0.6) is 0 Å². The van der Waals surface area contributed by atoms with Crippen molar-refractivity contribution in [3.63, 3.8) is 0 Å². The van der Waals surface area contributed by atoms with Crippen molar-refractivity contribution in [1.82, 2.24) is 5.32 Å². The first-order chi connectivity index (χ1) is 8.40. The van der Waals surface area contributed by atoms with E-state index in [9.17, 15) is 0 Å². The van der Waals surface area contributed by atoms with E-state index in [0.29, 0.717) is 6.04 Å². The van der Waals surface area contributed by atoms with Crippen LogP contribution in [0.25, 0.3) is 0 Å². The molecule has 0 aromatic heterocycles. The molecule has 0 fully saturated rings. The summed E-state index contributed by atoms with van der Waals surface area (Å²) in [7, 11) is 0. The molecule has 2 heterocycles. The van der Waals surface area contributed by atoms with Crippen LogP contribution < -0.4 is 10.2 Å². The Morgan fingerprint density at radius 2 is 2.35 bits per heavy atom. The monoisotopic (exact) mass is 227 g/mol. The van der Waals surface area contributed by atoms with E-state index >= 15 is 0 Å². The third kappa shape index (κ3) is 1.71. The topological polar surface area (TPSA) is 27.6 Å². The van der Waals surface area contributed by atoms with Crippen LogP contribution in [0.4, 0.5) is 5.69 Å². The Balaban J connectivity index is 1.94. The number of fused-ring (bicyclic) bond motifs is 1. The van der Waals surface area contributed by atoms with Crippen LogP contribution in [0.2, 0.25) is 0 Å². The van der Waals surface area contributed by atoms with Crippen LogP contribution in [0.15, 0.2) is 41.9 Å². The molecule has 1 N–H and O–H groups in total. The summed E-state index contributed by atoms with van der Waals surface area (Å²) >= 11 is 0. The number of rotatable bonds is 3. The molecule has 0 bridgehead atoms. The third-order valence-electron chi connectivity index (χ3n) is 3.43. The van der Waals surface area contributed by atoms with Gasteiger partial charge in [-0.05, 0) is 11.6 Å². The lowest BCUT2D eigenvalue weighted by Crippen LogP contribution is -2.43. The lowest BCUT2D eigenvalue weighted by Gasteiger charge is -2.26. The molecule has 1 aromatic carbocycles. The van der Waals surface area contributed by atoms with Gasteiger partial charge in [0.15, 0.2) is 0 Å². The maximum Gasteiger partial charge on any atom is 0.120 e. The number of aliphatic imine (C=N–C) groups is 1. The molecule has 1 atom stereocenters. The van der Waals surface area contributed by atoms with E-state index in [0.717, 1.165) is 31.9 Å². The van der Waals surface area contributed by atoms with Gasteiger partial charge in [0.1, 0.15) is 5.84 Å². The number of hydrogen-bond donors (Lipinski definition) is 1. The highest BCUT2D eigenvalue weighted by molar-refractivity contribution is 5.93. The Hall–Kier alpha value is -1.77. The number of amidine groups is 1. The highest BCUT2D eigenvalue weighted by Crippen LogP contribution is 2.32. The van der Waals surface area contributed by atoms with Gasteiger partial charge in [0.05, 0.1) is 12.6 Å². The molecule has 0 saturated carbocycles. The lowest BCUT2D eigenvalue weighted by atomic mass is 10.1. The van der Waals surface area contributed by atoms with Crippen LogP contribution in [0.1, 0.15) is 5.56 Å². The molecule has 0 amide bonds. The zero-order chi connectivity index (χ0) is 11.7. The fourth-order valence-electron chi connectivity index (χ4n) is 2.70. The number of benzene rings is 1. The summed E-state index contributed by atoms with van der Waals surface area (Å²) in [6.07, 6.45) is 3.01. The van der Waals surface area contributed by atoms with Gasteiger partial charge in [-0.3, -0.25) is 4.99 Å². The van der Waals surface area contributed by atoms with Gasteiger partial charge in [-0.25, -0.2) is 0 Å². The van der Waals surface area contributed by atoms with Gasteiger partial charge < -0.3 is 10.2 Å². The van der Waals surface area contributed by atoms with Crippen LogP contribution in [0.3, 0.4) is 0 Å². The Kier molecular flexibility index (Phi) is 2.59. The van der Waals surface area contributed by atoms with E-state index in [1.807, 2.05) is 6.08 Å². The number of para-hydroxylation sites is 1. The van der Waals surface area contributed by atoms with Crippen LogP contribution in [0, 0.1) is 0 Å². The maximum absolute atomic E-state index is 4.56. The smallest absolute Gasteiger partial charge is 0.120 e. The molecule has 1 aromatic rings. The van der Waals surface area contributed by atoms with Gasteiger partial charge in [-0.1, -0.05) is 24.3 Å². The first kappa shape index (κ1) is 10.4. The quantitative estimate of drug-likeness (QED) is 0.794. The molecule has 3 nitrogen and oxygen atoms in total. The number of anilines is 1. The summed E-state index contributed by atoms with van der Waals surface area (Å²) in [4.78, 5) is 6.95. The van der Waals surface area contributed by atoms with Gasteiger partial charge in [0.25, 0.3) is 0 Å². The zero-order valence-corrected chi connectivity index (χ0v) is 9.89. The van der Waals surface area contributed by atoms with Crippen molar-refractivity contribution in [3.8, 4) is 0 Å². The Bertz CT molecular complexity index is 464. The molecule has 17 heavy (non-hydrogen) atoms. The molecule has 0 unspecified atom stereocenters. The summed E-state index contributed by atoms with van der Waals surface area (Å²) < 4.78 is 0. The van der Waals surface area contributed by atoms with Gasteiger partial charge in [-0.2, -0.15) is 0 Å². The summed E-state index contributed by atoms with van der Waals surface area (Å²) in [6.45, 7) is 6.62. The predicted molar refractivity (Wildman–Crippen MR) is 71.8 cm³/mol. The van der Waals surface area contributed by atoms with Crippen molar-refractivity contribution in [2.45, 2.75) is 12.5 Å². The van der Waals surface area contributed by atoms with Crippen molar-refractivity contribution in [2.75, 3.05) is 24.5 Å². The van der Waals surface area contributed by atoms with Crippen molar-refractivity contribution in [1.29, 1.82) is 0 Å². The largest absolute Gasteiger partial charge is 0.370 e. The molecule has 88 valence electrons. The van der Waals surface area contributed by atoms with E-state index in [4.69, 9.17) is 0 Å². The first-order valence-corrected chi connectivity index (χ1v) is 6.14. The molecule has 2 aliphatic rings. The van der Waals surface area contributed by atoms with Crippen LogP contribution >= 0.6 is 0 Å². The molecular weight excluding hydrogens is 210 g/mol. The summed E-state index contributed by atoms with van der Waals surface area (Å²) in [5.74, 6) is 1.14. The number of nitrogens with zero attached hydrogens (tertiary/aromatic N) is 2. The SMILES string of the molecule is C=CCN1c2ccccc2C[C@H]1C1=NCCN1. The second kappa shape index (κ2) is 4.24. The van der Waals surface area contributed by atoms with Gasteiger partial charge >= 0.3 is 0 Å². The van der Waals surface area contributed by atoms with Gasteiger partial charge in [0.2, 0.25) is 0 Å². The minimum atomic E-state index is 0.368. The second-order valence-electron chi connectivity index (χ2n) is 4.48. The minimum Gasteiger partial charge on any atom is -0.370 e. The fraction of sp³-hybridized carbons (Fsp3) is 0.357. The molecule has 2 aliphatic heterocycles. The first-order valence-electron chi connectivity index (χ1n) is 6.14. The Morgan fingerprint density at radius 1 is 1.47 bits per heavy atom. The van der Waals surface area contributed by atoms with Crippen LogP contribution in [-0.4, -0.2) is 31.5 Å². The average molecular weight is 227 g/mol. The summed E-state index contributed by atoms with van der Waals surface area (Å²) in [5, 5.41) is 3.40. The molecule has 3 rings (SSSR count). The van der Waals surface area contributed by atoms with Crippen molar-refractivity contribution in [3.05, 3.63) is 42.5 Å². The van der Waals surface area contributed by atoms with Crippen LogP contribution in [-0.2, 0) is 6.42 Å². The minimum absolute atomic E-state index is 0.368. The summed E-state index contributed by atoms with van der Waals surface area (Å²) in [6, 6.07) is 8.97. The van der Waals surface area contributed by atoms with E-state index in [1.165, 1.54) is 11.3 Å². The highest BCUT2D eigenvalue weighted by atomic mass is 15.2. The molecule has 0 aliphatic carbocycles. The Morgan fingerprint density at radius 3 is 3.12 bits per heavy atom. The lowest BCUT2D eigenvalue weighted by molar-refractivity contribution is 0.782. The molecule has 3 heteroatoms.